The third kappa shape index (κ3) is 5.42. The number of carbonyl (C=O) groups excluding carboxylic acids is 1. The van der Waals surface area contributed by atoms with Crippen molar-refractivity contribution in [1.82, 2.24) is 19.2 Å². The van der Waals surface area contributed by atoms with E-state index in [4.69, 9.17) is 0 Å². The maximum atomic E-state index is 12.5. The lowest BCUT2D eigenvalue weighted by atomic mass is 9.98. The number of rotatable bonds is 8. The number of aromatic nitrogens is 2. The highest BCUT2D eigenvalue weighted by Gasteiger charge is 2.31. The molecular formula is C20H28N4O3S. The Morgan fingerprint density at radius 3 is 2.68 bits per heavy atom. The Balaban J connectivity index is 1.50. The van der Waals surface area contributed by atoms with Crippen molar-refractivity contribution in [3.63, 3.8) is 0 Å². The molecule has 1 aromatic carbocycles. The molecule has 1 amide bonds. The van der Waals surface area contributed by atoms with Gasteiger partial charge in [0.05, 0.1) is 18.0 Å². The summed E-state index contributed by atoms with van der Waals surface area (Å²) >= 11 is 0. The summed E-state index contributed by atoms with van der Waals surface area (Å²) in [5, 5.41) is 2.96. The fourth-order valence-corrected chi connectivity index (χ4v) is 5.07. The Bertz CT molecular complexity index is 863. The second-order valence-corrected chi connectivity index (χ2v) is 9.37. The van der Waals surface area contributed by atoms with E-state index in [2.05, 4.69) is 10.3 Å². The number of piperidine rings is 1. The van der Waals surface area contributed by atoms with Crippen LogP contribution in [-0.4, -0.2) is 47.0 Å². The van der Waals surface area contributed by atoms with Gasteiger partial charge in [0.25, 0.3) is 0 Å². The van der Waals surface area contributed by atoms with Crippen LogP contribution < -0.4 is 5.32 Å². The van der Waals surface area contributed by atoms with Gasteiger partial charge in [-0.05, 0) is 30.4 Å². The molecule has 1 aliphatic heterocycles. The first-order valence-corrected chi connectivity index (χ1v) is 11.4. The van der Waals surface area contributed by atoms with Gasteiger partial charge in [-0.15, -0.1) is 0 Å². The zero-order chi connectivity index (χ0) is 20.0. The van der Waals surface area contributed by atoms with Crippen molar-refractivity contribution in [3.05, 3.63) is 54.1 Å². The first-order valence-electron chi connectivity index (χ1n) is 9.77. The van der Waals surface area contributed by atoms with Crippen molar-refractivity contribution in [2.45, 2.75) is 39.3 Å². The van der Waals surface area contributed by atoms with Gasteiger partial charge in [-0.3, -0.25) is 4.79 Å². The molecule has 1 saturated heterocycles. The van der Waals surface area contributed by atoms with Crippen LogP contribution in [0.4, 0.5) is 0 Å². The Morgan fingerprint density at radius 2 is 2.00 bits per heavy atom. The van der Waals surface area contributed by atoms with Crippen molar-refractivity contribution >= 4 is 15.9 Å². The molecule has 7 nitrogen and oxygen atoms in total. The van der Waals surface area contributed by atoms with Crippen LogP contribution in [-0.2, 0) is 27.9 Å². The third-order valence-electron chi connectivity index (χ3n) is 5.02. The second kappa shape index (κ2) is 9.34. The highest BCUT2D eigenvalue weighted by molar-refractivity contribution is 7.89. The Labute approximate surface area is 166 Å². The quantitative estimate of drug-likeness (QED) is 0.729. The molecule has 1 aliphatic rings. The molecular weight excluding hydrogens is 376 g/mol. The molecule has 2 aromatic rings. The fraction of sp³-hybridized carbons (Fsp3) is 0.500. The molecule has 0 saturated carbocycles. The van der Waals surface area contributed by atoms with Crippen LogP contribution in [0.15, 0.2) is 43.0 Å². The summed E-state index contributed by atoms with van der Waals surface area (Å²) < 4.78 is 28.0. The van der Waals surface area contributed by atoms with Gasteiger partial charge in [0.2, 0.25) is 15.9 Å². The monoisotopic (exact) mass is 404 g/mol. The van der Waals surface area contributed by atoms with Crippen molar-refractivity contribution in [2.24, 2.45) is 5.92 Å². The Kier molecular flexibility index (Phi) is 6.85. The minimum atomic E-state index is -3.25. The van der Waals surface area contributed by atoms with Crippen LogP contribution in [0, 0.1) is 5.92 Å². The van der Waals surface area contributed by atoms with E-state index in [9.17, 15) is 13.2 Å². The van der Waals surface area contributed by atoms with Gasteiger partial charge in [-0.1, -0.05) is 31.2 Å². The third-order valence-corrected chi connectivity index (χ3v) is 7.07. The lowest BCUT2D eigenvalue weighted by Gasteiger charge is -2.31. The summed E-state index contributed by atoms with van der Waals surface area (Å²) in [6.45, 7) is 3.87. The number of sulfonamides is 1. The number of hydrogen-bond donors (Lipinski definition) is 1. The summed E-state index contributed by atoms with van der Waals surface area (Å²) in [5.41, 5.74) is 2.19. The van der Waals surface area contributed by atoms with Crippen molar-refractivity contribution in [3.8, 4) is 0 Å². The number of hydrogen-bond acceptors (Lipinski definition) is 4. The number of benzene rings is 1. The molecule has 0 aliphatic carbocycles. The SMILES string of the molecule is CCCS(=O)(=O)N1CCCC(C(=O)NCc2ccc(Cn3ccnc3)cc2)C1. The molecule has 3 rings (SSSR count). The van der Waals surface area contributed by atoms with E-state index in [1.807, 2.05) is 42.0 Å². The average Bonchev–Trinajstić information content (AvgIpc) is 3.20. The van der Waals surface area contributed by atoms with Gasteiger partial charge >= 0.3 is 0 Å². The van der Waals surface area contributed by atoms with Gasteiger partial charge in [-0.2, -0.15) is 0 Å². The largest absolute Gasteiger partial charge is 0.352 e. The first kappa shape index (κ1) is 20.5. The molecule has 0 spiro atoms. The lowest BCUT2D eigenvalue weighted by molar-refractivity contribution is -0.126. The highest BCUT2D eigenvalue weighted by Crippen LogP contribution is 2.20. The van der Waals surface area contributed by atoms with Crippen molar-refractivity contribution in [2.75, 3.05) is 18.8 Å². The molecule has 8 heteroatoms. The van der Waals surface area contributed by atoms with Gasteiger partial charge < -0.3 is 9.88 Å². The van der Waals surface area contributed by atoms with Gasteiger partial charge in [0, 0.05) is 38.6 Å². The summed E-state index contributed by atoms with van der Waals surface area (Å²) in [6, 6.07) is 8.10. The Morgan fingerprint density at radius 1 is 1.25 bits per heavy atom. The number of nitrogens with one attached hydrogen (secondary N) is 1. The number of nitrogens with zero attached hydrogens (tertiary/aromatic N) is 3. The van der Waals surface area contributed by atoms with E-state index >= 15 is 0 Å². The van der Waals surface area contributed by atoms with Gasteiger partial charge in [0.15, 0.2) is 0 Å². The summed E-state index contributed by atoms with van der Waals surface area (Å²) in [6.07, 6.45) is 7.50. The summed E-state index contributed by atoms with van der Waals surface area (Å²) in [4.78, 5) is 16.6. The molecule has 1 unspecified atom stereocenters. The topological polar surface area (TPSA) is 84.3 Å². The first-order chi connectivity index (χ1) is 13.5. The van der Waals surface area contributed by atoms with Crippen molar-refractivity contribution < 1.29 is 13.2 Å². The smallest absolute Gasteiger partial charge is 0.224 e. The molecule has 2 heterocycles. The van der Waals surface area contributed by atoms with Crippen molar-refractivity contribution in [1.29, 1.82) is 0 Å². The van der Waals surface area contributed by atoms with E-state index < -0.39 is 10.0 Å². The zero-order valence-electron chi connectivity index (χ0n) is 16.3. The molecule has 0 bridgehead atoms. The van der Waals surface area contributed by atoms with Crippen LogP contribution in [0.3, 0.4) is 0 Å². The lowest BCUT2D eigenvalue weighted by Crippen LogP contribution is -2.45. The second-order valence-electron chi connectivity index (χ2n) is 7.28. The zero-order valence-corrected chi connectivity index (χ0v) is 17.1. The predicted molar refractivity (Wildman–Crippen MR) is 108 cm³/mol. The van der Waals surface area contributed by atoms with E-state index in [-0.39, 0.29) is 24.1 Å². The summed E-state index contributed by atoms with van der Waals surface area (Å²) in [7, 11) is -3.25. The normalized spacial score (nSPS) is 18.1. The predicted octanol–water partition coefficient (Wildman–Crippen LogP) is 2.00. The van der Waals surface area contributed by atoms with Crippen LogP contribution in [0.5, 0.6) is 0 Å². The Hall–Kier alpha value is -2.19. The summed E-state index contributed by atoms with van der Waals surface area (Å²) in [5.74, 6) is -0.202. The van der Waals surface area contributed by atoms with Crippen LogP contribution >= 0.6 is 0 Å². The maximum Gasteiger partial charge on any atom is 0.224 e. The van der Waals surface area contributed by atoms with E-state index in [1.165, 1.54) is 4.31 Å². The minimum Gasteiger partial charge on any atom is -0.352 e. The number of carbonyl (C=O) groups is 1. The van der Waals surface area contributed by atoms with Crippen LogP contribution in [0.1, 0.15) is 37.3 Å². The van der Waals surface area contributed by atoms with Gasteiger partial charge in [-0.25, -0.2) is 17.7 Å². The average molecular weight is 405 g/mol. The molecule has 152 valence electrons. The highest BCUT2D eigenvalue weighted by atomic mass is 32.2. The van der Waals surface area contributed by atoms with Crippen LogP contribution in [0.2, 0.25) is 0 Å². The van der Waals surface area contributed by atoms with E-state index in [0.717, 1.165) is 30.5 Å². The number of imidazole rings is 1. The van der Waals surface area contributed by atoms with Crippen LogP contribution in [0.25, 0.3) is 0 Å². The minimum absolute atomic E-state index is 0.0705. The number of amides is 1. The molecule has 1 N–H and O–H groups in total. The molecule has 28 heavy (non-hydrogen) atoms. The molecule has 0 radical (unpaired) electrons. The molecule has 1 fully saturated rings. The van der Waals surface area contributed by atoms with Gasteiger partial charge in [0.1, 0.15) is 0 Å². The molecule has 1 aromatic heterocycles. The molecule has 1 atom stereocenters. The maximum absolute atomic E-state index is 12.5. The fourth-order valence-electron chi connectivity index (χ4n) is 3.48. The standard InChI is InChI=1S/C20H28N4O3S/c1-2-12-28(26,27)24-10-3-4-19(15-24)20(25)22-13-17-5-7-18(8-6-17)14-23-11-9-21-16-23/h5-9,11,16,19H,2-4,10,12-15H2,1H3,(H,22,25). The van der Waals surface area contributed by atoms with E-state index in [0.29, 0.717) is 19.5 Å². The van der Waals surface area contributed by atoms with E-state index in [1.54, 1.807) is 12.5 Å².